The molecular formula is C2H2BF2NaO5. The normalized spacial score (nSPS) is 6.45. The van der Waals surface area contributed by atoms with Crippen LogP contribution in [0.3, 0.4) is 0 Å². The van der Waals surface area contributed by atoms with Gasteiger partial charge in [0.25, 0.3) is 0 Å². The zero-order valence-electron chi connectivity index (χ0n) is 5.45. The Bertz CT molecular complexity index is 115. The molecule has 0 aliphatic rings. The monoisotopic (exact) mass is 178 g/mol. The molecule has 0 fully saturated rings. The molecule has 0 aromatic carbocycles. The van der Waals surface area contributed by atoms with Gasteiger partial charge in [0.2, 0.25) is 0 Å². The maximum atomic E-state index is 9.89. The number of carboxylic acid groups (broad SMARTS) is 2. The second-order valence-corrected chi connectivity index (χ2v) is 0.870. The zero-order chi connectivity index (χ0) is 8.73. The molecule has 0 saturated heterocycles. The molecule has 0 aliphatic heterocycles. The molecule has 0 radical (unpaired) electrons. The first-order valence-corrected chi connectivity index (χ1v) is 1.78. The van der Waals surface area contributed by atoms with E-state index in [1.807, 2.05) is 0 Å². The third-order valence-electron chi connectivity index (χ3n) is 0.175. The van der Waals surface area contributed by atoms with Crippen LogP contribution in [0.5, 0.6) is 0 Å². The summed E-state index contributed by atoms with van der Waals surface area (Å²) in [4.78, 5) is 18.0. The Balaban J connectivity index is -0.000000114. The van der Waals surface area contributed by atoms with Crippen molar-refractivity contribution < 1.29 is 63.0 Å². The van der Waals surface area contributed by atoms with Gasteiger partial charge in [-0.2, -0.15) is 0 Å². The van der Waals surface area contributed by atoms with E-state index in [1.165, 1.54) is 0 Å². The average molecular weight is 178 g/mol. The van der Waals surface area contributed by atoms with Crippen LogP contribution in [0.2, 0.25) is 0 Å². The molecule has 0 amide bonds. The van der Waals surface area contributed by atoms with Crippen molar-refractivity contribution in [1.82, 2.24) is 0 Å². The fourth-order valence-corrected chi connectivity index (χ4v) is 0. The maximum Gasteiger partial charge on any atom is 1.00 e. The number of carbonyl (C=O) groups is 2. The quantitative estimate of drug-likeness (QED) is 0.285. The van der Waals surface area contributed by atoms with Crippen LogP contribution in [-0.4, -0.2) is 29.5 Å². The first-order valence-electron chi connectivity index (χ1n) is 1.78. The molecule has 0 atom stereocenters. The summed E-state index contributed by atoms with van der Waals surface area (Å²) in [6, 6.07) is 0. The molecule has 0 aromatic heterocycles. The molecule has 0 bridgehead atoms. The number of hydrogen-bond donors (Lipinski definition) is 2. The molecule has 0 rings (SSSR count). The second-order valence-electron chi connectivity index (χ2n) is 0.870. The fraction of sp³-hybridized carbons (Fsp3) is 0. The van der Waals surface area contributed by atoms with E-state index < -0.39 is 19.4 Å². The smallest absolute Gasteiger partial charge is 0.539 e. The summed E-state index contributed by atoms with van der Waals surface area (Å²) >= 11 is 0. The fourth-order valence-electron chi connectivity index (χ4n) is 0. The van der Waals surface area contributed by atoms with Crippen molar-refractivity contribution in [2.75, 3.05) is 0 Å². The van der Waals surface area contributed by atoms with E-state index in [4.69, 9.17) is 24.8 Å². The molecule has 0 unspecified atom stereocenters. The number of rotatable bonds is 0. The van der Waals surface area contributed by atoms with Gasteiger partial charge < -0.3 is 20.0 Å². The molecule has 0 heterocycles. The largest absolute Gasteiger partial charge is 1.00 e. The predicted octanol–water partition coefficient (Wildman–Crippen LogP) is -5.27. The number of aliphatic carboxylic acids is 2. The molecule has 11 heavy (non-hydrogen) atoms. The molecule has 0 spiro atoms. The first kappa shape index (κ1) is 17.1. The van der Waals surface area contributed by atoms with Crippen LogP contribution in [0.25, 0.3) is 0 Å². The topological polar surface area (TPSA) is 97.7 Å². The van der Waals surface area contributed by atoms with Crippen LogP contribution in [-0.2, 0) is 9.59 Å². The molecule has 2 N–H and O–H groups in total. The Morgan fingerprint density at radius 2 is 1.45 bits per heavy atom. The van der Waals surface area contributed by atoms with Crippen LogP contribution in [0, 0.1) is 0 Å². The minimum absolute atomic E-state index is 0. The third kappa shape index (κ3) is 41.1. The molecular weight excluding hydrogens is 176 g/mol. The van der Waals surface area contributed by atoms with E-state index in [-0.39, 0.29) is 29.6 Å². The summed E-state index contributed by atoms with van der Waals surface area (Å²) in [5, 5.41) is 23.0. The van der Waals surface area contributed by atoms with Gasteiger partial charge >= 0.3 is 43.0 Å². The molecule has 9 heteroatoms. The van der Waals surface area contributed by atoms with Crippen LogP contribution < -0.4 is 34.7 Å². The summed E-state index contributed by atoms with van der Waals surface area (Å²) in [7, 11) is -3.17. The number of carbonyl (C=O) groups excluding carboxylic acids is 1. The van der Waals surface area contributed by atoms with Crippen molar-refractivity contribution in [3.8, 4) is 0 Å². The summed E-state index contributed by atoms with van der Waals surface area (Å²) < 4.78 is 19.8. The zero-order valence-corrected chi connectivity index (χ0v) is 7.45. The van der Waals surface area contributed by atoms with Crippen molar-refractivity contribution in [3.63, 3.8) is 0 Å². The van der Waals surface area contributed by atoms with Crippen LogP contribution in [0.4, 0.5) is 8.63 Å². The van der Waals surface area contributed by atoms with E-state index in [1.54, 1.807) is 0 Å². The molecule has 0 saturated carbocycles. The molecule has 58 valence electrons. The average Bonchev–Trinajstić information content (AvgIpc) is 1.63. The Morgan fingerprint density at radius 1 is 1.36 bits per heavy atom. The SMILES string of the molecule is O=C([O-])C(=O)O.OB(F)F.[Na+]. The van der Waals surface area contributed by atoms with Crippen molar-refractivity contribution >= 4 is 19.4 Å². The standard InChI is InChI=1S/C2H2O4.BF2HO.Na/c3-1(4)2(5)6;2-1(3)4;/h(H,3,4)(H,5,6);4H;/q;;+1/p-1. The van der Waals surface area contributed by atoms with Crippen molar-refractivity contribution in [3.05, 3.63) is 0 Å². The number of halogens is 2. The van der Waals surface area contributed by atoms with E-state index in [0.29, 0.717) is 0 Å². The Morgan fingerprint density at radius 3 is 1.45 bits per heavy atom. The van der Waals surface area contributed by atoms with Crippen LogP contribution >= 0.6 is 0 Å². The Hall–Kier alpha value is -0.175. The minimum atomic E-state index is -3.17. The summed E-state index contributed by atoms with van der Waals surface area (Å²) in [6.07, 6.45) is 0. The summed E-state index contributed by atoms with van der Waals surface area (Å²) in [5.41, 5.74) is 0. The van der Waals surface area contributed by atoms with E-state index in [9.17, 15) is 8.63 Å². The maximum absolute atomic E-state index is 9.89. The van der Waals surface area contributed by atoms with Gasteiger partial charge in [-0.15, -0.1) is 0 Å². The van der Waals surface area contributed by atoms with Gasteiger partial charge in [-0.25, -0.2) is 4.79 Å². The van der Waals surface area contributed by atoms with Gasteiger partial charge in [-0.1, -0.05) is 0 Å². The van der Waals surface area contributed by atoms with Gasteiger partial charge in [0.15, 0.2) is 5.97 Å². The van der Waals surface area contributed by atoms with Gasteiger partial charge in [0.05, 0.1) is 0 Å². The van der Waals surface area contributed by atoms with Gasteiger partial charge in [-0.05, 0) is 0 Å². The van der Waals surface area contributed by atoms with Crippen molar-refractivity contribution in [2.45, 2.75) is 0 Å². The van der Waals surface area contributed by atoms with Crippen LogP contribution in [0.1, 0.15) is 0 Å². The summed E-state index contributed by atoms with van der Waals surface area (Å²) in [6.45, 7) is 0. The molecule has 0 aromatic rings. The summed E-state index contributed by atoms with van der Waals surface area (Å²) in [5.74, 6) is -4.01. The Kier molecular flexibility index (Phi) is 15.2. The molecule has 5 nitrogen and oxygen atoms in total. The van der Waals surface area contributed by atoms with Crippen molar-refractivity contribution in [2.24, 2.45) is 0 Å². The second kappa shape index (κ2) is 9.82. The molecule has 0 aliphatic carbocycles. The van der Waals surface area contributed by atoms with Gasteiger partial charge in [0, 0.05) is 0 Å². The minimum Gasteiger partial charge on any atom is -0.539 e. The first-order chi connectivity index (χ1) is 4.37. The Labute approximate surface area is 82.5 Å². The van der Waals surface area contributed by atoms with Gasteiger partial charge in [-0.3, -0.25) is 8.63 Å². The van der Waals surface area contributed by atoms with E-state index >= 15 is 0 Å². The number of carboxylic acids is 2. The van der Waals surface area contributed by atoms with Crippen molar-refractivity contribution in [1.29, 1.82) is 0 Å². The van der Waals surface area contributed by atoms with Gasteiger partial charge in [0.1, 0.15) is 0 Å². The van der Waals surface area contributed by atoms with Crippen LogP contribution in [0.15, 0.2) is 0 Å². The van der Waals surface area contributed by atoms with E-state index in [0.717, 1.165) is 0 Å². The van der Waals surface area contributed by atoms with E-state index in [2.05, 4.69) is 0 Å². The predicted molar refractivity (Wildman–Crippen MR) is 22.8 cm³/mol. The number of hydrogen-bond acceptors (Lipinski definition) is 4. The third-order valence-corrected chi connectivity index (χ3v) is 0.175.